The molecule has 16 heavy (non-hydrogen) atoms. The third-order valence-electron chi connectivity index (χ3n) is 2.23. The van der Waals surface area contributed by atoms with E-state index in [1.54, 1.807) is 11.3 Å². The van der Waals surface area contributed by atoms with Crippen molar-refractivity contribution in [1.82, 2.24) is 4.98 Å². The van der Waals surface area contributed by atoms with Crippen LogP contribution in [-0.4, -0.2) is 21.7 Å². The van der Waals surface area contributed by atoms with E-state index in [4.69, 9.17) is 0 Å². The maximum absolute atomic E-state index is 11.0. The fourth-order valence-electron chi connectivity index (χ4n) is 1.31. The topological polar surface area (TPSA) is 42.3 Å². The number of thioether (sulfide) groups is 1. The summed E-state index contributed by atoms with van der Waals surface area (Å²) in [5.41, 5.74) is 1.21. The molecule has 1 aromatic rings. The highest BCUT2D eigenvalue weighted by molar-refractivity contribution is 8.15. The number of carbonyl (C=O) groups excluding carboxylic acids is 1. The van der Waals surface area contributed by atoms with E-state index < -0.39 is 0 Å². The van der Waals surface area contributed by atoms with Crippen molar-refractivity contribution in [3.8, 4) is 0 Å². The van der Waals surface area contributed by atoms with Gasteiger partial charge in [0.25, 0.3) is 5.91 Å². The van der Waals surface area contributed by atoms with Crippen LogP contribution < -0.4 is 0 Å². The van der Waals surface area contributed by atoms with E-state index in [1.165, 1.54) is 11.8 Å². The number of carbonyl (C=O) groups is 1. The highest BCUT2D eigenvalue weighted by Crippen LogP contribution is 2.25. The lowest BCUT2D eigenvalue weighted by Gasteiger charge is -2.14. The molecule has 0 N–H and O–H groups in total. The van der Waals surface area contributed by atoms with Crippen molar-refractivity contribution in [2.75, 3.05) is 5.75 Å². The van der Waals surface area contributed by atoms with Crippen LogP contribution in [0.15, 0.2) is 10.4 Å². The van der Waals surface area contributed by atoms with Crippen molar-refractivity contribution in [3.63, 3.8) is 0 Å². The Hall–Kier alpha value is -0.680. The molecule has 0 atom stereocenters. The smallest absolute Gasteiger partial charge is 0.256 e. The highest BCUT2D eigenvalue weighted by atomic mass is 32.2. The molecule has 0 fully saturated rings. The van der Waals surface area contributed by atoms with Gasteiger partial charge in [0.1, 0.15) is 0 Å². The summed E-state index contributed by atoms with van der Waals surface area (Å²) in [7, 11) is 0. The average molecular weight is 254 g/mol. The third kappa shape index (κ3) is 2.71. The first kappa shape index (κ1) is 11.8. The largest absolute Gasteiger partial charge is 0.272 e. The van der Waals surface area contributed by atoms with Gasteiger partial charge < -0.3 is 0 Å². The Morgan fingerprint density at radius 3 is 2.69 bits per heavy atom. The molecular weight excluding hydrogens is 240 g/mol. The molecule has 2 heterocycles. The monoisotopic (exact) mass is 254 g/mol. The predicted molar refractivity (Wildman–Crippen MR) is 69.4 cm³/mol. The van der Waals surface area contributed by atoms with E-state index in [0.29, 0.717) is 12.2 Å². The normalized spacial score (nSPS) is 16.7. The lowest BCUT2D eigenvalue weighted by molar-refractivity contribution is -0.115. The van der Waals surface area contributed by atoms with Gasteiger partial charge in [-0.2, -0.15) is 0 Å². The van der Waals surface area contributed by atoms with Crippen molar-refractivity contribution < 1.29 is 4.79 Å². The van der Waals surface area contributed by atoms with Crippen LogP contribution in [0.25, 0.3) is 0 Å². The summed E-state index contributed by atoms with van der Waals surface area (Å²) in [4.78, 5) is 19.5. The predicted octanol–water partition coefficient (Wildman–Crippen LogP) is 2.66. The molecule has 1 aliphatic heterocycles. The van der Waals surface area contributed by atoms with Crippen LogP contribution in [0.4, 0.5) is 0 Å². The van der Waals surface area contributed by atoms with E-state index in [-0.39, 0.29) is 11.3 Å². The summed E-state index contributed by atoms with van der Waals surface area (Å²) < 4.78 is 0. The first-order chi connectivity index (χ1) is 7.45. The van der Waals surface area contributed by atoms with Gasteiger partial charge in [-0.05, 0) is 0 Å². The molecule has 1 aliphatic rings. The maximum Gasteiger partial charge on any atom is 0.256 e. The Morgan fingerprint density at radius 2 is 2.19 bits per heavy atom. The molecule has 1 aromatic heterocycles. The molecule has 0 saturated carbocycles. The fraction of sp³-hybridized carbons (Fsp3) is 0.545. The molecule has 0 unspecified atom stereocenters. The van der Waals surface area contributed by atoms with E-state index in [1.807, 2.05) is 0 Å². The van der Waals surface area contributed by atoms with Crippen LogP contribution in [-0.2, 0) is 16.6 Å². The van der Waals surface area contributed by atoms with E-state index in [0.717, 1.165) is 15.7 Å². The number of hydrogen-bond acceptors (Lipinski definition) is 4. The first-order valence-electron chi connectivity index (χ1n) is 5.13. The first-order valence-corrected chi connectivity index (χ1v) is 7.00. The fourth-order valence-corrected chi connectivity index (χ4v) is 3.18. The molecule has 5 heteroatoms. The number of nitrogens with zero attached hydrogens (tertiary/aromatic N) is 2. The van der Waals surface area contributed by atoms with Crippen LogP contribution in [0.2, 0.25) is 0 Å². The van der Waals surface area contributed by atoms with Gasteiger partial charge in [-0.3, -0.25) is 4.79 Å². The molecule has 0 radical (unpaired) electrons. The van der Waals surface area contributed by atoms with Gasteiger partial charge in [0, 0.05) is 17.2 Å². The molecule has 0 aromatic carbocycles. The van der Waals surface area contributed by atoms with Gasteiger partial charge in [-0.25, -0.2) is 9.98 Å². The molecular formula is C11H14N2OS2. The Bertz CT molecular complexity index is 443. The number of aromatic nitrogens is 1. The zero-order valence-corrected chi connectivity index (χ0v) is 11.2. The van der Waals surface area contributed by atoms with Crippen molar-refractivity contribution in [3.05, 3.63) is 16.1 Å². The van der Waals surface area contributed by atoms with Gasteiger partial charge in [0.05, 0.1) is 21.5 Å². The van der Waals surface area contributed by atoms with Crippen LogP contribution in [0.1, 0.15) is 31.5 Å². The van der Waals surface area contributed by atoms with Crippen molar-refractivity contribution in [1.29, 1.82) is 0 Å². The minimum absolute atomic E-state index is 0.0207. The van der Waals surface area contributed by atoms with E-state index in [2.05, 4.69) is 36.1 Å². The number of rotatable bonds is 2. The van der Waals surface area contributed by atoms with Gasteiger partial charge >= 0.3 is 0 Å². The number of aliphatic imine (C=N–C) groups is 1. The van der Waals surface area contributed by atoms with Crippen molar-refractivity contribution in [2.24, 2.45) is 4.99 Å². The zero-order chi connectivity index (χ0) is 11.8. The Balaban J connectivity index is 2.09. The lowest BCUT2D eigenvalue weighted by Crippen LogP contribution is -2.11. The molecule has 3 nitrogen and oxygen atoms in total. The Labute approximate surface area is 103 Å². The molecule has 0 aliphatic carbocycles. The quantitative estimate of drug-likeness (QED) is 0.815. The maximum atomic E-state index is 11.0. The molecule has 0 bridgehead atoms. The molecule has 86 valence electrons. The standard InChI is InChI=1S/C11H14N2OS2/c1-11(2,3)7-5-15-9(12-7)4-10-13-8(14)6-16-10/h5H,4,6H2,1-3H3. The Kier molecular flexibility index (Phi) is 3.17. The summed E-state index contributed by atoms with van der Waals surface area (Å²) in [6, 6.07) is 0. The van der Waals surface area contributed by atoms with Crippen LogP contribution in [0.3, 0.4) is 0 Å². The summed E-state index contributed by atoms with van der Waals surface area (Å²) in [5.74, 6) is 0.472. The minimum Gasteiger partial charge on any atom is -0.272 e. The highest BCUT2D eigenvalue weighted by Gasteiger charge is 2.20. The van der Waals surface area contributed by atoms with E-state index in [9.17, 15) is 4.79 Å². The molecule has 0 saturated heterocycles. The summed E-state index contributed by atoms with van der Waals surface area (Å²) >= 11 is 3.18. The number of amides is 1. The summed E-state index contributed by atoms with van der Waals surface area (Å²) in [6.45, 7) is 6.45. The SMILES string of the molecule is CC(C)(C)c1csc(CC2=NC(=O)CS2)n1. The van der Waals surface area contributed by atoms with Crippen molar-refractivity contribution in [2.45, 2.75) is 32.6 Å². The second kappa shape index (κ2) is 4.30. The lowest BCUT2D eigenvalue weighted by atomic mass is 9.93. The second-order valence-electron chi connectivity index (χ2n) is 4.74. The number of hydrogen-bond donors (Lipinski definition) is 0. The molecule has 2 rings (SSSR count). The van der Waals surface area contributed by atoms with Gasteiger partial charge in [-0.15, -0.1) is 23.1 Å². The van der Waals surface area contributed by atoms with Crippen LogP contribution in [0, 0.1) is 0 Å². The molecule has 0 spiro atoms. The third-order valence-corrected chi connectivity index (χ3v) is 4.04. The summed E-state index contributed by atoms with van der Waals surface area (Å²) in [5, 5.41) is 4.04. The van der Waals surface area contributed by atoms with Gasteiger partial charge in [0.2, 0.25) is 0 Å². The van der Waals surface area contributed by atoms with Crippen molar-refractivity contribution >= 4 is 34.0 Å². The van der Waals surface area contributed by atoms with Gasteiger partial charge in [-0.1, -0.05) is 20.8 Å². The summed E-state index contributed by atoms with van der Waals surface area (Å²) in [6.07, 6.45) is 0.706. The number of thiazole rings is 1. The zero-order valence-electron chi connectivity index (χ0n) is 9.61. The van der Waals surface area contributed by atoms with Crippen LogP contribution >= 0.6 is 23.1 Å². The minimum atomic E-state index is -0.0207. The van der Waals surface area contributed by atoms with Crippen LogP contribution in [0.5, 0.6) is 0 Å². The van der Waals surface area contributed by atoms with E-state index >= 15 is 0 Å². The molecule has 1 amide bonds. The Morgan fingerprint density at radius 1 is 1.44 bits per heavy atom. The second-order valence-corrected chi connectivity index (χ2v) is 6.73. The van der Waals surface area contributed by atoms with Gasteiger partial charge in [0.15, 0.2) is 0 Å². The average Bonchev–Trinajstić information content (AvgIpc) is 2.74.